The first-order valence-corrected chi connectivity index (χ1v) is 9.42. The molecule has 0 spiro atoms. The van der Waals surface area contributed by atoms with Crippen molar-refractivity contribution >= 4 is 27.8 Å². The van der Waals surface area contributed by atoms with Crippen molar-refractivity contribution in [2.45, 2.75) is 38.1 Å². The zero-order chi connectivity index (χ0) is 16.2. The first kappa shape index (κ1) is 18.0. The summed E-state index contributed by atoms with van der Waals surface area (Å²) in [6, 6.07) is 2.50. The topological polar surface area (TPSA) is 83.5 Å². The van der Waals surface area contributed by atoms with E-state index in [-0.39, 0.29) is 16.5 Å². The molecule has 1 aromatic rings. The lowest BCUT2D eigenvalue weighted by Gasteiger charge is -2.16. The van der Waals surface area contributed by atoms with Crippen LogP contribution in [0.2, 0.25) is 0 Å². The molecule has 118 valence electrons. The van der Waals surface area contributed by atoms with E-state index in [2.05, 4.69) is 4.72 Å². The summed E-state index contributed by atoms with van der Waals surface area (Å²) >= 11 is 1.65. The van der Waals surface area contributed by atoms with Crippen molar-refractivity contribution in [1.29, 1.82) is 0 Å². The average Bonchev–Trinajstić information content (AvgIpc) is 2.38. The predicted molar refractivity (Wildman–Crippen MR) is 85.7 cm³/mol. The highest BCUT2D eigenvalue weighted by molar-refractivity contribution is 7.98. The smallest absolute Gasteiger partial charge is 0.335 e. The number of aryl methyl sites for hydroxylation is 1. The third kappa shape index (κ3) is 4.72. The first-order valence-electron chi connectivity index (χ1n) is 6.55. The molecule has 0 aromatic heterocycles. The van der Waals surface area contributed by atoms with Gasteiger partial charge in [-0.1, -0.05) is 0 Å². The van der Waals surface area contributed by atoms with Crippen LogP contribution >= 0.6 is 11.8 Å². The molecule has 1 aromatic carbocycles. The number of hydrogen-bond donors (Lipinski definition) is 2. The summed E-state index contributed by atoms with van der Waals surface area (Å²) in [5, 5.41) is 9.07. The van der Waals surface area contributed by atoms with Gasteiger partial charge in [-0.15, -0.1) is 0 Å². The van der Waals surface area contributed by atoms with Gasteiger partial charge >= 0.3 is 5.97 Å². The van der Waals surface area contributed by atoms with Crippen LogP contribution in [0.1, 0.15) is 34.8 Å². The largest absolute Gasteiger partial charge is 0.478 e. The van der Waals surface area contributed by atoms with Crippen LogP contribution in [-0.4, -0.2) is 37.5 Å². The second kappa shape index (κ2) is 7.29. The van der Waals surface area contributed by atoms with Gasteiger partial charge in [0.1, 0.15) is 0 Å². The lowest BCUT2D eigenvalue weighted by Crippen LogP contribution is -2.33. The summed E-state index contributed by atoms with van der Waals surface area (Å²) < 4.78 is 27.5. The van der Waals surface area contributed by atoms with Crippen molar-refractivity contribution in [1.82, 2.24) is 4.72 Å². The number of thioether (sulfide) groups is 1. The van der Waals surface area contributed by atoms with Gasteiger partial charge in [0.2, 0.25) is 10.0 Å². The molecule has 0 aliphatic rings. The maximum Gasteiger partial charge on any atom is 0.335 e. The molecule has 0 aliphatic carbocycles. The third-order valence-electron chi connectivity index (χ3n) is 3.27. The van der Waals surface area contributed by atoms with E-state index < -0.39 is 16.0 Å². The third-order valence-corrected chi connectivity index (χ3v) is 5.63. The van der Waals surface area contributed by atoms with Crippen LogP contribution in [0.3, 0.4) is 0 Å². The van der Waals surface area contributed by atoms with Crippen molar-refractivity contribution in [3.63, 3.8) is 0 Å². The molecule has 21 heavy (non-hydrogen) atoms. The summed E-state index contributed by atoms with van der Waals surface area (Å²) in [4.78, 5) is 11.1. The van der Waals surface area contributed by atoms with Gasteiger partial charge in [0, 0.05) is 6.04 Å². The summed E-state index contributed by atoms with van der Waals surface area (Å²) in [6.45, 7) is 5.19. The number of aromatic carboxylic acids is 1. The minimum Gasteiger partial charge on any atom is -0.478 e. The van der Waals surface area contributed by atoms with E-state index in [4.69, 9.17) is 5.11 Å². The van der Waals surface area contributed by atoms with Gasteiger partial charge < -0.3 is 5.11 Å². The molecule has 2 N–H and O–H groups in total. The fourth-order valence-corrected chi connectivity index (χ4v) is 4.12. The van der Waals surface area contributed by atoms with Gasteiger partial charge in [-0.25, -0.2) is 17.9 Å². The molecule has 1 atom stereocenters. The van der Waals surface area contributed by atoms with Gasteiger partial charge in [-0.3, -0.25) is 0 Å². The monoisotopic (exact) mass is 331 g/mol. The zero-order valence-electron chi connectivity index (χ0n) is 12.6. The molecule has 0 bridgehead atoms. The summed E-state index contributed by atoms with van der Waals surface area (Å²) in [6.07, 6.45) is 2.68. The lowest BCUT2D eigenvalue weighted by molar-refractivity contribution is 0.0696. The molecule has 7 heteroatoms. The Kier molecular flexibility index (Phi) is 6.24. The Morgan fingerprint density at radius 3 is 2.52 bits per heavy atom. The molecule has 0 aliphatic heterocycles. The van der Waals surface area contributed by atoms with E-state index in [9.17, 15) is 13.2 Å². The Hall–Kier alpha value is -1.05. The van der Waals surface area contributed by atoms with E-state index in [0.29, 0.717) is 11.1 Å². The van der Waals surface area contributed by atoms with Crippen LogP contribution in [0, 0.1) is 13.8 Å². The molecule has 0 saturated heterocycles. The number of hydrogen-bond acceptors (Lipinski definition) is 4. The first-order chi connectivity index (χ1) is 9.69. The highest BCUT2D eigenvalue weighted by Crippen LogP contribution is 2.21. The lowest BCUT2D eigenvalue weighted by atomic mass is 10.1. The van der Waals surface area contributed by atoms with Crippen LogP contribution in [-0.2, 0) is 10.0 Å². The standard InChI is InChI=1S/C14H21NO4S2/c1-9-7-12(14(16)17)8-13(11(9)3)21(18,19)15-10(2)5-6-20-4/h7-8,10,15H,5-6H2,1-4H3,(H,16,17). The second-order valence-corrected chi connectivity index (χ2v) is 7.69. The van der Waals surface area contributed by atoms with Crippen LogP contribution in [0.25, 0.3) is 0 Å². The summed E-state index contributed by atoms with van der Waals surface area (Å²) in [7, 11) is -3.72. The van der Waals surface area contributed by atoms with Crippen molar-refractivity contribution in [2.75, 3.05) is 12.0 Å². The minimum absolute atomic E-state index is 0.0183. The molecule has 1 unspecified atom stereocenters. The molecular weight excluding hydrogens is 310 g/mol. The van der Waals surface area contributed by atoms with E-state index in [1.165, 1.54) is 12.1 Å². The SMILES string of the molecule is CSCCC(C)NS(=O)(=O)c1cc(C(=O)O)cc(C)c1C. The van der Waals surface area contributed by atoms with Crippen LogP contribution in [0.5, 0.6) is 0 Å². The maximum atomic E-state index is 12.4. The molecule has 0 saturated carbocycles. The number of carbonyl (C=O) groups is 1. The molecule has 0 radical (unpaired) electrons. The Balaban J connectivity index is 3.16. The highest BCUT2D eigenvalue weighted by atomic mass is 32.2. The van der Waals surface area contributed by atoms with Crippen molar-refractivity contribution in [2.24, 2.45) is 0 Å². The van der Waals surface area contributed by atoms with Crippen LogP contribution in [0.4, 0.5) is 0 Å². The van der Waals surface area contributed by atoms with E-state index in [1.54, 1.807) is 32.5 Å². The summed E-state index contributed by atoms with van der Waals surface area (Å²) in [5.41, 5.74) is 1.20. The number of sulfonamides is 1. The molecule has 5 nitrogen and oxygen atoms in total. The Morgan fingerprint density at radius 1 is 1.38 bits per heavy atom. The number of nitrogens with one attached hydrogen (secondary N) is 1. The molecule has 1 rings (SSSR count). The van der Waals surface area contributed by atoms with Crippen LogP contribution < -0.4 is 4.72 Å². The summed E-state index contributed by atoms with van der Waals surface area (Å²) in [5.74, 6) is -0.276. The average molecular weight is 331 g/mol. The quantitative estimate of drug-likeness (QED) is 0.802. The van der Waals surface area contributed by atoms with Crippen molar-refractivity contribution in [3.05, 3.63) is 28.8 Å². The maximum absolute atomic E-state index is 12.4. The zero-order valence-corrected chi connectivity index (χ0v) is 14.3. The highest BCUT2D eigenvalue weighted by Gasteiger charge is 2.22. The van der Waals surface area contributed by atoms with E-state index in [0.717, 1.165) is 12.2 Å². The normalized spacial score (nSPS) is 13.1. The van der Waals surface area contributed by atoms with Gasteiger partial charge in [-0.05, 0) is 62.5 Å². The number of carboxylic acid groups (broad SMARTS) is 1. The second-order valence-electron chi connectivity index (χ2n) is 5.03. The number of benzene rings is 1. The Labute approximate surface area is 130 Å². The molecule has 0 amide bonds. The van der Waals surface area contributed by atoms with Crippen LogP contribution in [0.15, 0.2) is 17.0 Å². The molecular formula is C14H21NO4S2. The van der Waals surface area contributed by atoms with Crippen molar-refractivity contribution in [3.8, 4) is 0 Å². The predicted octanol–water partition coefficient (Wildman–Crippen LogP) is 2.42. The Bertz CT molecular complexity index is 626. The van der Waals surface area contributed by atoms with Gasteiger partial charge in [0.05, 0.1) is 10.5 Å². The fraction of sp³-hybridized carbons (Fsp3) is 0.500. The number of rotatable bonds is 7. The van der Waals surface area contributed by atoms with Gasteiger partial charge in [-0.2, -0.15) is 11.8 Å². The molecule has 0 heterocycles. The fourth-order valence-electron chi connectivity index (χ4n) is 1.91. The minimum atomic E-state index is -3.72. The number of carboxylic acids is 1. The van der Waals surface area contributed by atoms with Gasteiger partial charge in [0.25, 0.3) is 0 Å². The van der Waals surface area contributed by atoms with Gasteiger partial charge in [0.15, 0.2) is 0 Å². The van der Waals surface area contributed by atoms with E-state index >= 15 is 0 Å². The van der Waals surface area contributed by atoms with Crippen molar-refractivity contribution < 1.29 is 18.3 Å². The molecule has 0 fully saturated rings. The van der Waals surface area contributed by atoms with E-state index in [1.807, 2.05) is 6.26 Å². The Morgan fingerprint density at radius 2 is 2.00 bits per heavy atom.